The van der Waals surface area contributed by atoms with Crippen LogP contribution in [0.3, 0.4) is 0 Å². The normalized spacial score (nSPS) is 12.2. The second-order valence-corrected chi connectivity index (χ2v) is 6.48. The highest BCUT2D eigenvalue weighted by atomic mass is 32.2. The fraction of sp³-hybridized carbons (Fsp3) is 0.455. The molecule has 4 N–H and O–H groups in total. The Morgan fingerprint density at radius 2 is 2.00 bits per heavy atom. The molecule has 0 radical (unpaired) electrons. The molecule has 0 aromatic carbocycles. The quantitative estimate of drug-likeness (QED) is 0.703. The third-order valence-electron chi connectivity index (χ3n) is 2.67. The summed E-state index contributed by atoms with van der Waals surface area (Å²) in [7, 11) is -3.97. The van der Waals surface area contributed by atoms with E-state index in [9.17, 15) is 18.0 Å². The Kier molecular flexibility index (Phi) is 4.25. The predicted octanol–water partition coefficient (Wildman–Crippen LogP) is 0.0760. The minimum absolute atomic E-state index is 0.00450. The number of carbonyl (C=O) groups is 2. The number of carboxylic acid groups (broad SMARTS) is 1. The van der Waals surface area contributed by atoms with E-state index < -0.39 is 27.3 Å². The topological polar surface area (TPSA) is 140 Å². The molecule has 0 aliphatic carbocycles. The van der Waals surface area contributed by atoms with Crippen molar-refractivity contribution < 1.29 is 27.5 Å². The largest absolute Gasteiger partial charge is 0.481 e. The Morgan fingerprint density at radius 3 is 2.40 bits per heavy atom. The summed E-state index contributed by atoms with van der Waals surface area (Å²) < 4.78 is 27.4. The zero-order valence-electron chi connectivity index (χ0n) is 11.3. The summed E-state index contributed by atoms with van der Waals surface area (Å²) in [5.74, 6) is -2.03. The van der Waals surface area contributed by atoms with E-state index in [-0.39, 0.29) is 23.0 Å². The van der Waals surface area contributed by atoms with E-state index in [2.05, 4.69) is 5.32 Å². The summed E-state index contributed by atoms with van der Waals surface area (Å²) in [6, 6.07) is 1.01. The first kappa shape index (κ1) is 16.2. The second-order valence-electron chi connectivity index (χ2n) is 4.95. The van der Waals surface area contributed by atoms with Gasteiger partial charge in [0, 0.05) is 12.6 Å². The van der Waals surface area contributed by atoms with Crippen molar-refractivity contribution in [1.82, 2.24) is 5.32 Å². The fourth-order valence-electron chi connectivity index (χ4n) is 1.32. The summed E-state index contributed by atoms with van der Waals surface area (Å²) in [4.78, 5) is 22.4. The molecule has 20 heavy (non-hydrogen) atoms. The SMILES string of the molecule is Cc1oc(C(=O)NCC(C)(C)C(=O)O)cc1S(N)(=O)=O. The molecule has 0 saturated heterocycles. The molecule has 0 aliphatic rings. The van der Waals surface area contributed by atoms with E-state index in [0.29, 0.717) is 0 Å². The third kappa shape index (κ3) is 3.58. The lowest BCUT2D eigenvalue weighted by molar-refractivity contribution is -0.146. The first-order chi connectivity index (χ1) is 8.95. The van der Waals surface area contributed by atoms with Crippen LogP contribution in [-0.4, -0.2) is 31.9 Å². The van der Waals surface area contributed by atoms with Crippen LogP contribution in [0.5, 0.6) is 0 Å². The summed E-state index contributed by atoms with van der Waals surface area (Å²) in [6.07, 6.45) is 0. The van der Waals surface area contributed by atoms with Crippen LogP contribution in [0.4, 0.5) is 0 Å². The van der Waals surface area contributed by atoms with E-state index in [1.807, 2.05) is 0 Å². The maximum Gasteiger partial charge on any atom is 0.310 e. The molecule has 112 valence electrons. The zero-order valence-corrected chi connectivity index (χ0v) is 12.1. The number of rotatable bonds is 5. The van der Waals surface area contributed by atoms with E-state index in [0.717, 1.165) is 6.07 Å². The number of aryl methyl sites for hydroxylation is 1. The Bertz CT molecular complexity index is 644. The minimum Gasteiger partial charge on any atom is -0.481 e. The van der Waals surface area contributed by atoms with Gasteiger partial charge in [0.05, 0.1) is 5.41 Å². The molecule has 0 unspecified atom stereocenters. The van der Waals surface area contributed by atoms with Crippen molar-refractivity contribution >= 4 is 21.9 Å². The fourth-order valence-corrected chi connectivity index (χ4v) is 2.04. The monoisotopic (exact) mass is 304 g/mol. The standard InChI is InChI=1S/C11H16N2O6S/c1-6-8(20(12,17)18)4-7(19-6)9(14)13-5-11(2,3)10(15)16/h4H,5H2,1-3H3,(H,13,14)(H,15,16)(H2,12,17,18). The molecule has 1 rings (SSSR count). The number of aliphatic carboxylic acids is 1. The van der Waals surface area contributed by atoms with Gasteiger partial charge in [0.1, 0.15) is 10.7 Å². The van der Waals surface area contributed by atoms with Gasteiger partial charge in [-0.3, -0.25) is 9.59 Å². The first-order valence-electron chi connectivity index (χ1n) is 5.60. The number of furan rings is 1. The summed E-state index contributed by atoms with van der Waals surface area (Å²) in [5, 5.41) is 16.2. The number of hydrogen-bond donors (Lipinski definition) is 3. The van der Waals surface area contributed by atoms with Gasteiger partial charge in [-0.05, 0) is 20.8 Å². The number of nitrogens with one attached hydrogen (secondary N) is 1. The van der Waals surface area contributed by atoms with Gasteiger partial charge in [-0.15, -0.1) is 0 Å². The van der Waals surface area contributed by atoms with E-state index in [1.165, 1.54) is 20.8 Å². The van der Waals surface area contributed by atoms with Crippen molar-refractivity contribution in [2.75, 3.05) is 6.54 Å². The number of sulfonamides is 1. The van der Waals surface area contributed by atoms with Gasteiger partial charge < -0.3 is 14.8 Å². The number of amides is 1. The van der Waals surface area contributed by atoms with Crippen molar-refractivity contribution in [3.63, 3.8) is 0 Å². The van der Waals surface area contributed by atoms with Gasteiger partial charge in [0.15, 0.2) is 5.76 Å². The summed E-state index contributed by atoms with van der Waals surface area (Å²) >= 11 is 0. The molecule has 0 fully saturated rings. The van der Waals surface area contributed by atoms with Crippen LogP contribution in [0.25, 0.3) is 0 Å². The molecule has 0 aliphatic heterocycles. The molecule has 0 spiro atoms. The van der Waals surface area contributed by atoms with Crippen molar-refractivity contribution in [2.24, 2.45) is 10.6 Å². The molecule has 0 atom stereocenters. The lowest BCUT2D eigenvalue weighted by Gasteiger charge is -2.18. The summed E-state index contributed by atoms with van der Waals surface area (Å²) in [6.45, 7) is 4.11. The molecule has 0 bridgehead atoms. The van der Waals surface area contributed by atoms with Gasteiger partial charge in [-0.2, -0.15) is 0 Å². The maximum absolute atomic E-state index is 11.8. The van der Waals surface area contributed by atoms with Crippen molar-refractivity contribution in [3.05, 3.63) is 17.6 Å². The number of carbonyl (C=O) groups excluding carboxylic acids is 1. The van der Waals surface area contributed by atoms with Crippen LogP contribution >= 0.6 is 0 Å². The Balaban J connectivity index is 2.88. The average molecular weight is 304 g/mol. The lowest BCUT2D eigenvalue weighted by atomic mass is 9.94. The molecule has 8 nitrogen and oxygen atoms in total. The Morgan fingerprint density at radius 1 is 1.45 bits per heavy atom. The minimum atomic E-state index is -3.97. The molecular formula is C11H16N2O6S. The predicted molar refractivity (Wildman–Crippen MR) is 68.6 cm³/mol. The van der Waals surface area contributed by atoms with Crippen LogP contribution in [-0.2, 0) is 14.8 Å². The Labute approximate surface area is 116 Å². The number of primary sulfonamides is 1. The molecule has 1 heterocycles. The summed E-state index contributed by atoms with van der Waals surface area (Å²) in [5.41, 5.74) is -1.15. The van der Waals surface area contributed by atoms with Gasteiger partial charge in [0.25, 0.3) is 5.91 Å². The van der Waals surface area contributed by atoms with Gasteiger partial charge in [-0.25, -0.2) is 13.6 Å². The van der Waals surface area contributed by atoms with Gasteiger partial charge in [0.2, 0.25) is 10.0 Å². The molecule has 0 saturated carbocycles. The Hall–Kier alpha value is -1.87. The molecule has 1 aromatic rings. The molecule has 1 amide bonds. The molecule has 9 heteroatoms. The van der Waals surface area contributed by atoms with Crippen LogP contribution in [0, 0.1) is 12.3 Å². The van der Waals surface area contributed by atoms with Crippen LogP contribution < -0.4 is 10.5 Å². The van der Waals surface area contributed by atoms with Crippen LogP contribution in [0.1, 0.15) is 30.2 Å². The van der Waals surface area contributed by atoms with Gasteiger partial charge >= 0.3 is 5.97 Å². The number of nitrogens with two attached hydrogens (primary N) is 1. The molecule has 1 aromatic heterocycles. The van der Waals surface area contributed by atoms with E-state index in [4.69, 9.17) is 14.7 Å². The highest BCUT2D eigenvalue weighted by Crippen LogP contribution is 2.19. The van der Waals surface area contributed by atoms with Crippen molar-refractivity contribution in [2.45, 2.75) is 25.7 Å². The smallest absolute Gasteiger partial charge is 0.310 e. The highest BCUT2D eigenvalue weighted by Gasteiger charge is 2.29. The van der Waals surface area contributed by atoms with E-state index >= 15 is 0 Å². The van der Waals surface area contributed by atoms with Crippen molar-refractivity contribution in [1.29, 1.82) is 0 Å². The third-order valence-corrected chi connectivity index (χ3v) is 3.69. The van der Waals surface area contributed by atoms with Crippen LogP contribution in [0.15, 0.2) is 15.4 Å². The van der Waals surface area contributed by atoms with E-state index in [1.54, 1.807) is 0 Å². The highest BCUT2D eigenvalue weighted by molar-refractivity contribution is 7.89. The number of carboxylic acids is 1. The second kappa shape index (κ2) is 5.25. The first-order valence-corrected chi connectivity index (χ1v) is 7.14. The average Bonchev–Trinajstić information content (AvgIpc) is 2.68. The number of hydrogen-bond acceptors (Lipinski definition) is 5. The maximum atomic E-state index is 11.8. The van der Waals surface area contributed by atoms with Crippen molar-refractivity contribution in [3.8, 4) is 0 Å². The lowest BCUT2D eigenvalue weighted by Crippen LogP contribution is -2.38. The zero-order chi connectivity index (χ0) is 15.7. The molecular weight excluding hydrogens is 288 g/mol. The van der Waals surface area contributed by atoms with Gasteiger partial charge in [-0.1, -0.05) is 0 Å². The van der Waals surface area contributed by atoms with Crippen LogP contribution in [0.2, 0.25) is 0 Å².